The second-order valence-corrected chi connectivity index (χ2v) is 5.23. The van der Waals surface area contributed by atoms with Gasteiger partial charge in [0, 0.05) is 6.54 Å². The van der Waals surface area contributed by atoms with E-state index in [1.807, 2.05) is 13.3 Å². The highest BCUT2D eigenvalue weighted by atomic mass is 16.5. The van der Waals surface area contributed by atoms with Crippen LogP contribution in [0.5, 0.6) is 0 Å². The normalized spacial score (nSPS) is 26.9. The van der Waals surface area contributed by atoms with Crippen molar-refractivity contribution in [1.82, 2.24) is 5.32 Å². The molecule has 1 atom stereocenters. The Hall–Kier alpha value is -0.760. The van der Waals surface area contributed by atoms with Crippen molar-refractivity contribution in [3.8, 4) is 0 Å². The fourth-order valence-electron chi connectivity index (χ4n) is 2.93. The van der Waals surface area contributed by atoms with Crippen molar-refractivity contribution in [3.63, 3.8) is 0 Å². The predicted molar refractivity (Wildman–Crippen MR) is 71.8 cm³/mol. The summed E-state index contributed by atoms with van der Waals surface area (Å²) >= 11 is 0. The quantitative estimate of drug-likeness (QED) is 0.754. The molecule has 1 heterocycles. The lowest BCUT2D eigenvalue weighted by molar-refractivity contribution is 0.163. The standard InChI is InChI=1S/C15H25NO/c1-16-12-14(13-7-3-2-4-8-13)11-15-9-5-6-10-17-15/h6,10-11,13,15-16H,2-5,7-9,12H2,1H3/b14-11-. The van der Waals surface area contributed by atoms with Gasteiger partial charge in [0.15, 0.2) is 0 Å². The average molecular weight is 235 g/mol. The molecule has 1 aliphatic heterocycles. The zero-order chi connectivity index (χ0) is 11.9. The van der Waals surface area contributed by atoms with E-state index in [0.717, 1.165) is 25.3 Å². The summed E-state index contributed by atoms with van der Waals surface area (Å²) in [4.78, 5) is 0. The van der Waals surface area contributed by atoms with Gasteiger partial charge < -0.3 is 10.1 Å². The molecule has 1 aliphatic carbocycles. The summed E-state index contributed by atoms with van der Waals surface area (Å²) in [6, 6.07) is 0. The molecule has 1 unspecified atom stereocenters. The Labute approximate surface area is 105 Å². The van der Waals surface area contributed by atoms with Crippen molar-refractivity contribution in [2.75, 3.05) is 13.6 Å². The molecule has 2 heteroatoms. The molecule has 2 nitrogen and oxygen atoms in total. The van der Waals surface area contributed by atoms with Gasteiger partial charge in [-0.05, 0) is 50.8 Å². The van der Waals surface area contributed by atoms with E-state index in [4.69, 9.17) is 4.74 Å². The zero-order valence-electron chi connectivity index (χ0n) is 11.0. The second kappa shape index (κ2) is 6.85. The highest BCUT2D eigenvalue weighted by Crippen LogP contribution is 2.30. The van der Waals surface area contributed by atoms with E-state index in [1.54, 1.807) is 5.57 Å². The Kier molecular flexibility index (Phi) is 5.11. The van der Waals surface area contributed by atoms with Gasteiger partial charge in [-0.3, -0.25) is 0 Å². The van der Waals surface area contributed by atoms with Crippen molar-refractivity contribution in [2.24, 2.45) is 5.92 Å². The molecule has 17 heavy (non-hydrogen) atoms. The van der Waals surface area contributed by atoms with E-state index in [2.05, 4.69) is 17.5 Å². The van der Waals surface area contributed by atoms with Gasteiger partial charge in [-0.25, -0.2) is 0 Å². The van der Waals surface area contributed by atoms with Crippen molar-refractivity contribution in [2.45, 2.75) is 51.0 Å². The molecule has 1 fully saturated rings. The van der Waals surface area contributed by atoms with Gasteiger partial charge in [0.05, 0.1) is 6.26 Å². The summed E-state index contributed by atoms with van der Waals surface area (Å²) in [5.41, 5.74) is 1.58. The van der Waals surface area contributed by atoms with Crippen LogP contribution in [0.3, 0.4) is 0 Å². The first-order chi connectivity index (χ1) is 8.40. The highest BCUT2D eigenvalue weighted by molar-refractivity contribution is 5.13. The number of allylic oxidation sites excluding steroid dienone is 1. The van der Waals surface area contributed by atoms with Gasteiger partial charge in [0.2, 0.25) is 0 Å². The molecule has 2 aliphatic rings. The molecule has 0 aromatic rings. The molecule has 1 N–H and O–H groups in total. The van der Waals surface area contributed by atoms with E-state index in [0.29, 0.717) is 6.10 Å². The van der Waals surface area contributed by atoms with Crippen LogP contribution in [0.25, 0.3) is 0 Å². The number of hydrogen-bond donors (Lipinski definition) is 1. The molecule has 1 saturated carbocycles. The Morgan fingerprint density at radius 3 is 2.76 bits per heavy atom. The van der Waals surface area contributed by atoms with E-state index in [1.165, 1.54) is 32.1 Å². The number of hydrogen-bond acceptors (Lipinski definition) is 2. The Morgan fingerprint density at radius 2 is 2.12 bits per heavy atom. The second-order valence-electron chi connectivity index (χ2n) is 5.23. The maximum absolute atomic E-state index is 5.66. The monoisotopic (exact) mass is 235 g/mol. The van der Waals surface area contributed by atoms with Crippen LogP contribution in [0.1, 0.15) is 44.9 Å². The van der Waals surface area contributed by atoms with E-state index in [-0.39, 0.29) is 0 Å². The first-order valence-electron chi connectivity index (χ1n) is 7.06. The molecule has 0 radical (unpaired) electrons. The first-order valence-corrected chi connectivity index (χ1v) is 7.06. The number of likely N-dealkylation sites (N-methyl/N-ethyl adjacent to an activating group) is 1. The van der Waals surface area contributed by atoms with Crippen LogP contribution in [-0.4, -0.2) is 19.7 Å². The maximum Gasteiger partial charge on any atom is 0.117 e. The lowest BCUT2D eigenvalue weighted by Crippen LogP contribution is -2.22. The van der Waals surface area contributed by atoms with Crippen LogP contribution in [0.15, 0.2) is 24.0 Å². The third-order valence-electron chi connectivity index (χ3n) is 3.88. The molecular formula is C15H25NO. The fraction of sp³-hybridized carbons (Fsp3) is 0.733. The largest absolute Gasteiger partial charge is 0.494 e. The van der Waals surface area contributed by atoms with E-state index >= 15 is 0 Å². The maximum atomic E-state index is 5.66. The number of ether oxygens (including phenoxy) is 1. The summed E-state index contributed by atoms with van der Waals surface area (Å²) in [5.74, 6) is 0.797. The molecular weight excluding hydrogens is 210 g/mol. The van der Waals surface area contributed by atoms with Crippen molar-refractivity contribution < 1.29 is 4.74 Å². The smallest absolute Gasteiger partial charge is 0.117 e. The van der Waals surface area contributed by atoms with Crippen molar-refractivity contribution >= 4 is 0 Å². The SMILES string of the molecule is CNC/C(=C/C1CCC=CO1)C1CCCCC1. The predicted octanol–water partition coefficient (Wildman–Crippen LogP) is 3.41. The lowest BCUT2D eigenvalue weighted by atomic mass is 9.83. The number of nitrogens with one attached hydrogen (secondary N) is 1. The summed E-state index contributed by atoms with van der Waals surface area (Å²) in [6.07, 6.45) is 15.9. The van der Waals surface area contributed by atoms with Crippen molar-refractivity contribution in [1.29, 1.82) is 0 Å². The first kappa shape index (κ1) is 12.7. The minimum absolute atomic E-state index is 0.310. The van der Waals surface area contributed by atoms with Gasteiger partial charge in [0.1, 0.15) is 6.10 Å². The van der Waals surface area contributed by atoms with E-state index in [9.17, 15) is 0 Å². The third-order valence-corrected chi connectivity index (χ3v) is 3.88. The molecule has 0 saturated heterocycles. The van der Waals surface area contributed by atoms with Gasteiger partial charge in [-0.1, -0.05) is 24.8 Å². The topological polar surface area (TPSA) is 21.3 Å². The molecule has 0 aromatic heterocycles. The average Bonchev–Trinajstić information content (AvgIpc) is 2.40. The van der Waals surface area contributed by atoms with Crippen LogP contribution in [-0.2, 0) is 4.74 Å². The Morgan fingerprint density at radius 1 is 1.29 bits per heavy atom. The zero-order valence-corrected chi connectivity index (χ0v) is 11.0. The fourth-order valence-corrected chi connectivity index (χ4v) is 2.93. The minimum Gasteiger partial charge on any atom is -0.494 e. The summed E-state index contributed by atoms with van der Waals surface area (Å²) in [6.45, 7) is 1.02. The summed E-state index contributed by atoms with van der Waals surface area (Å²) < 4.78 is 5.66. The van der Waals surface area contributed by atoms with Gasteiger partial charge >= 0.3 is 0 Å². The molecule has 0 amide bonds. The summed E-state index contributed by atoms with van der Waals surface area (Å²) in [7, 11) is 2.04. The van der Waals surface area contributed by atoms with Crippen LogP contribution in [0, 0.1) is 5.92 Å². The summed E-state index contributed by atoms with van der Waals surface area (Å²) in [5, 5.41) is 3.31. The van der Waals surface area contributed by atoms with Crippen LogP contribution in [0.4, 0.5) is 0 Å². The highest BCUT2D eigenvalue weighted by Gasteiger charge is 2.19. The van der Waals surface area contributed by atoms with Crippen LogP contribution in [0.2, 0.25) is 0 Å². The molecule has 0 bridgehead atoms. The van der Waals surface area contributed by atoms with Gasteiger partial charge in [-0.15, -0.1) is 0 Å². The third kappa shape index (κ3) is 3.88. The van der Waals surface area contributed by atoms with Crippen LogP contribution >= 0.6 is 0 Å². The van der Waals surface area contributed by atoms with Crippen LogP contribution < -0.4 is 5.32 Å². The van der Waals surface area contributed by atoms with Gasteiger partial charge in [-0.2, -0.15) is 0 Å². The molecule has 96 valence electrons. The molecule has 0 spiro atoms. The Bertz CT molecular complexity index is 277. The minimum atomic E-state index is 0.310. The van der Waals surface area contributed by atoms with Gasteiger partial charge in [0.25, 0.3) is 0 Å². The van der Waals surface area contributed by atoms with Crippen molar-refractivity contribution in [3.05, 3.63) is 24.0 Å². The Balaban J connectivity index is 1.98. The number of rotatable bonds is 4. The molecule has 0 aromatic carbocycles. The lowest BCUT2D eigenvalue weighted by Gasteiger charge is -2.26. The molecule has 2 rings (SSSR count). The van der Waals surface area contributed by atoms with E-state index < -0.39 is 0 Å².